The lowest BCUT2D eigenvalue weighted by Gasteiger charge is -2.15. The zero-order chi connectivity index (χ0) is 11.5. The van der Waals surface area contributed by atoms with Gasteiger partial charge in [0.15, 0.2) is 0 Å². The van der Waals surface area contributed by atoms with E-state index in [-0.39, 0.29) is 6.04 Å². The van der Waals surface area contributed by atoms with E-state index in [1.54, 1.807) is 6.26 Å². The lowest BCUT2D eigenvalue weighted by molar-refractivity contribution is 0.452. The topological polar surface area (TPSA) is 51.2 Å². The summed E-state index contributed by atoms with van der Waals surface area (Å²) in [7, 11) is 0. The molecule has 0 aliphatic rings. The van der Waals surface area contributed by atoms with E-state index in [0.29, 0.717) is 5.02 Å². The van der Waals surface area contributed by atoms with Crippen LogP contribution in [0.1, 0.15) is 17.4 Å². The maximum Gasteiger partial charge on any atom is 0.126 e. The maximum atomic E-state index is 6.15. The third-order valence-corrected chi connectivity index (χ3v) is 3.09. The van der Waals surface area contributed by atoms with Crippen molar-refractivity contribution >= 4 is 27.5 Å². The van der Waals surface area contributed by atoms with Crippen molar-refractivity contribution in [2.24, 2.45) is 5.84 Å². The van der Waals surface area contributed by atoms with E-state index in [1.807, 2.05) is 30.3 Å². The molecule has 0 fully saturated rings. The second kappa shape index (κ2) is 5.01. The van der Waals surface area contributed by atoms with Gasteiger partial charge >= 0.3 is 0 Å². The van der Waals surface area contributed by atoms with Crippen molar-refractivity contribution in [2.45, 2.75) is 6.04 Å². The zero-order valence-corrected chi connectivity index (χ0v) is 10.6. The molecule has 0 saturated carbocycles. The minimum absolute atomic E-state index is 0.240. The molecule has 3 nitrogen and oxygen atoms in total. The Morgan fingerprint density at radius 2 is 2.19 bits per heavy atom. The summed E-state index contributed by atoms with van der Waals surface area (Å²) < 4.78 is 6.24. The number of nitrogens with two attached hydrogens (primary N) is 1. The molecule has 0 radical (unpaired) electrons. The van der Waals surface area contributed by atoms with Crippen LogP contribution in [-0.2, 0) is 0 Å². The zero-order valence-electron chi connectivity index (χ0n) is 8.28. The lowest BCUT2D eigenvalue weighted by atomic mass is 10.1. The number of hydrogen-bond acceptors (Lipinski definition) is 3. The fraction of sp³-hybridized carbons (Fsp3) is 0.0909. The smallest absolute Gasteiger partial charge is 0.126 e. The largest absolute Gasteiger partial charge is 0.467 e. The second-order valence-corrected chi connectivity index (χ2v) is 4.60. The molecule has 0 aliphatic heterocycles. The van der Waals surface area contributed by atoms with Crippen LogP contribution in [0.5, 0.6) is 0 Å². The number of hydrogen-bond donors (Lipinski definition) is 2. The Hall–Kier alpha value is -0.810. The van der Waals surface area contributed by atoms with Crippen LogP contribution in [0.25, 0.3) is 0 Å². The first kappa shape index (κ1) is 11.7. The minimum Gasteiger partial charge on any atom is -0.467 e. The van der Waals surface area contributed by atoms with Crippen LogP contribution in [-0.4, -0.2) is 0 Å². The molecule has 2 aromatic rings. The number of hydrazine groups is 1. The van der Waals surface area contributed by atoms with Gasteiger partial charge in [-0.3, -0.25) is 5.84 Å². The molecular formula is C11H10BrClN2O. The summed E-state index contributed by atoms with van der Waals surface area (Å²) in [6.07, 6.45) is 1.60. The van der Waals surface area contributed by atoms with Crippen molar-refractivity contribution in [3.8, 4) is 0 Å². The van der Waals surface area contributed by atoms with Gasteiger partial charge in [0.2, 0.25) is 0 Å². The van der Waals surface area contributed by atoms with Crippen molar-refractivity contribution in [2.75, 3.05) is 0 Å². The minimum atomic E-state index is -0.240. The quantitative estimate of drug-likeness (QED) is 0.676. The molecule has 1 heterocycles. The Kier molecular flexibility index (Phi) is 3.66. The lowest BCUT2D eigenvalue weighted by Crippen LogP contribution is -2.28. The first-order valence-corrected chi connectivity index (χ1v) is 5.84. The standard InChI is InChI=1S/C11H10BrClN2O/c12-7-3-4-8(9(13)6-7)11(15-14)10-2-1-5-16-10/h1-6,11,15H,14H2. The predicted molar refractivity (Wildman–Crippen MR) is 67.0 cm³/mol. The van der Waals surface area contributed by atoms with E-state index in [9.17, 15) is 0 Å². The van der Waals surface area contributed by atoms with E-state index in [1.165, 1.54) is 0 Å². The van der Waals surface area contributed by atoms with Gasteiger partial charge in [-0.15, -0.1) is 0 Å². The van der Waals surface area contributed by atoms with E-state index < -0.39 is 0 Å². The Morgan fingerprint density at radius 3 is 2.75 bits per heavy atom. The highest BCUT2D eigenvalue weighted by Crippen LogP contribution is 2.30. The Bertz CT molecular complexity index is 473. The van der Waals surface area contributed by atoms with E-state index in [0.717, 1.165) is 15.8 Å². The van der Waals surface area contributed by atoms with Crippen LogP contribution < -0.4 is 11.3 Å². The summed E-state index contributed by atoms with van der Waals surface area (Å²) >= 11 is 9.51. The molecule has 0 amide bonds. The third-order valence-electron chi connectivity index (χ3n) is 2.27. The molecule has 0 spiro atoms. The highest BCUT2D eigenvalue weighted by atomic mass is 79.9. The van der Waals surface area contributed by atoms with Crippen LogP contribution in [0.15, 0.2) is 45.5 Å². The molecule has 0 bridgehead atoms. The third kappa shape index (κ3) is 2.30. The number of benzene rings is 1. The molecule has 1 unspecified atom stereocenters. The van der Waals surface area contributed by atoms with Crippen LogP contribution in [0.2, 0.25) is 5.02 Å². The van der Waals surface area contributed by atoms with Crippen molar-refractivity contribution in [1.82, 2.24) is 5.43 Å². The average molecular weight is 302 g/mol. The number of halogens is 2. The predicted octanol–water partition coefficient (Wildman–Crippen LogP) is 3.25. The molecule has 3 N–H and O–H groups in total. The number of nitrogens with one attached hydrogen (secondary N) is 1. The molecule has 1 atom stereocenters. The van der Waals surface area contributed by atoms with Crippen molar-refractivity contribution in [1.29, 1.82) is 0 Å². The van der Waals surface area contributed by atoms with Crippen LogP contribution in [0.3, 0.4) is 0 Å². The fourth-order valence-corrected chi connectivity index (χ4v) is 2.30. The van der Waals surface area contributed by atoms with Gasteiger partial charge in [-0.1, -0.05) is 33.6 Å². The van der Waals surface area contributed by atoms with Gasteiger partial charge in [-0.25, -0.2) is 5.43 Å². The molecule has 0 saturated heterocycles. The van der Waals surface area contributed by atoms with Gasteiger partial charge in [0.05, 0.1) is 6.26 Å². The first-order chi connectivity index (χ1) is 7.72. The summed E-state index contributed by atoms with van der Waals surface area (Å²) in [5.41, 5.74) is 3.56. The fourth-order valence-electron chi connectivity index (χ4n) is 1.52. The van der Waals surface area contributed by atoms with Gasteiger partial charge < -0.3 is 4.42 Å². The van der Waals surface area contributed by atoms with Gasteiger partial charge in [0, 0.05) is 9.50 Å². The van der Waals surface area contributed by atoms with Crippen LogP contribution >= 0.6 is 27.5 Å². The van der Waals surface area contributed by atoms with Gasteiger partial charge in [0.25, 0.3) is 0 Å². The maximum absolute atomic E-state index is 6.15. The van der Waals surface area contributed by atoms with Crippen molar-refractivity contribution < 1.29 is 4.42 Å². The summed E-state index contributed by atoms with van der Waals surface area (Å²) in [6.45, 7) is 0. The first-order valence-electron chi connectivity index (χ1n) is 4.67. The SMILES string of the molecule is NNC(c1ccco1)c1ccc(Br)cc1Cl. The second-order valence-electron chi connectivity index (χ2n) is 3.28. The van der Waals surface area contributed by atoms with E-state index in [4.69, 9.17) is 21.9 Å². The summed E-state index contributed by atoms with van der Waals surface area (Å²) in [6, 6.07) is 9.06. The average Bonchev–Trinajstić information content (AvgIpc) is 2.75. The number of furan rings is 1. The molecule has 84 valence electrons. The Labute approximate surface area is 107 Å². The van der Waals surface area contributed by atoms with Gasteiger partial charge in [-0.05, 0) is 29.8 Å². The van der Waals surface area contributed by atoms with Crippen LogP contribution in [0, 0.1) is 0 Å². The van der Waals surface area contributed by atoms with Gasteiger partial charge in [0.1, 0.15) is 11.8 Å². The normalized spacial score (nSPS) is 12.7. The van der Waals surface area contributed by atoms with Crippen LogP contribution in [0.4, 0.5) is 0 Å². The van der Waals surface area contributed by atoms with Crippen molar-refractivity contribution in [3.05, 3.63) is 57.4 Å². The molecule has 1 aromatic heterocycles. The molecule has 1 aromatic carbocycles. The molecule has 0 aliphatic carbocycles. The molecule has 5 heteroatoms. The summed E-state index contributed by atoms with van der Waals surface area (Å²) in [5.74, 6) is 6.25. The Morgan fingerprint density at radius 1 is 1.38 bits per heavy atom. The summed E-state index contributed by atoms with van der Waals surface area (Å²) in [4.78, 5) is 0. The molecule has 16 heavy (non-hydrogen) atoms. The van der Waals surface area contributed by atoms with E-state index >= 15 is 0 Å². The highest BCUT2D eigenvalue weighted by molar-refractivity contribution is 9.10. The van der Waals surface area contributed by atoms with Gasteiger partial charge in [-0.2, -0.15) is 0 Å². The highest BCUT2D eigenvalue weighted by Gasteiger charge is 2.17. The van der Waals surface area contributed by atoms with E-state index in [2.05, 4.69) is 21.4 Å². The molecular weight excluding hydrogens is 291 g/mol. The van der Waals surface area contributed by atoms with Crippen molar-refractivity contribution in [3.63, 3.8) is 0 Å². The Balaban J connectivity index is 2.41. The molecule has 2 rings (SSSR count). The summed E-state index contributed by atoms with van der Waals surface area (Å²) in [5, 5.41) is 0.633. The number of rotatable bonds is 3. The monoisotopic (exact) mass is 300 g/mol.